The summed E-state index contributed by atoms with van der Waals surface area (Å²) >= 11 is 0. The van der Waals surface area contributed by atoms with Gasteiger partial charge >= 0.3 is 0 Å². The molecule has 3 rings (SSSR count). The van der Waals surface area contributed by atoms with E-state index < -0.39 is 6.04 Å². The van der Waals surface area contributed by atoms with Crippen LogP contribution in [0.15, 0.2) is 24.3 Å². The summed E-state index contributed by atoms with van der Waals surface area (Å²) in [6.45, 7) is 4.48. The number of fused-ring (bicyclic) bond motifs is 2. The van der Waals surface area contributed by atoms with Gasteiger partial charge in [-0.1, -0.05) is 26.0 Å². The smallest absolute Gasteiger partial charge is 0.256 e. The fourth-order valence-corrected chi connectivity index (χ4v) is 3.59. The van der Waals surface area contributed by atoms with Gasteiger partial charge in [0, 0.05) is 12.5 Å². The zero-order valence-corrected chi connectivity index (χ0v) is 13.6. The Morgan fingerprint density at radius 2 is 1.91 bits per heavy atom. The number of imide groups is 1. The first-order valence-electron chi connectivity index (χ1n) is 8.37. The fraction of sp³-hybridized carbons (Fsp3) is 0.500. The van der Waals surface area contributed by atoms with Crippen LogP contribution in [0, 0.1) is 5.92 Å². The monoisotopic (exact) mass is 314 g/mol. The van der Waals surface area contributed by atoms with Crippen molar-refractivity contribution < 1.29 is 14.4 Å². The lowest BCUT2D eigenvalue weighted by molar-refractivity contribution is -0.130. The first-order valence-corrected chi connectivity index (χ1v) is 8.37. The Hall–Kier alpha value is -2.17. The van der Waals surface area contributed by atoms with E-state index in [9.17, 15) is 14.4 Å². The topological polar surface area (TPSA) is 57.7 Å². The third kappa shape index (κ3) is 2.44. The molecule has 1 aromatic carbocycles. The van der Waals surface area contributed by atoms with Gasteiger partial charge in [-0.25, -0.2) is 4.90 Å². The third-order valence-electron chi connectivity index (χ3n) is 4.95. The van der Waals surface area contributed by atoms with Crippen LogP contribution in [0.5, 0.6) is 0 Å². The van der Waals surface area contributed by atoms with Crippen LogP contribution in [-0.4, -0.2) is 35.2 Å². The molecule has 122 valence electrons. The molecule has 2 aliphatic heterocycles. The highest BCUT2D eigenvalue weighted by Gasteiger charge is 2.44. The Morgan fingerprint density at radius 3 is 2.61 bits per heavy atom. The number of benzene rings is 1. The van der Waals surface area contributed by atoms with Gasteiger partial charge in [-0.05, 0) is 37.8 Å². The van der Waals surface area contributed by atoms with Gasteiger partial charge in [0.2, 0.25) is 5.91 Å². The van der Waals surface area contributed by atoms with E-state index in [0.29, 0.717) is 37.1 Å². The molecule has 1 atom stereocenters. The van der Waals surface area contributed by atoms with Crippen molar-refractivity contribution in [1.29, 1.82) is 0 Å². The number of rotatable bonds is 3. The number of amides is 3. The molecule has 1 aromatic rings. The summed E-state index contributed by atoms with van der Waals surface area (Å²) in [5.74, 6) is -0.780. The van der Waals surface area contributed by atoms with Gasteiger partial charge in [-0.2, -0.15) is 0 Å². The molecule has 5 heteroatoms. The summed E-state index contributed by atoms with van der Waals surface area (Å²) in [5, 5.41) is 0. The minimum atomic E-state index is -0.506. The van der Waals surface area contributed by atoms with Gasteiger partial charge in [-0.15, -0.1) is 0 Å². The Morgan fingerprint density at radius 1 is 1.22 bits per heavy atom. The molecular formula is C18H22N2O3. The average Bonchev–Trinajstić information content (AvgIpc) is 3.02. The molecule has 1 unspecified atom stereocenters. The second-order valence-corrected chi connectivity index (χ2v) is 6.20. The Bertz CT molecular complexity index is 651. The zero-order valence-electron chi connectivity index (χ0n) is 13.6. The van der Waals surface area contributed by atoms with Crippen molar-refractivity contribution >= 4 is 23.4 Å². The average molecular weight is 314 g/mol. The van der Waals surface area contributed by atoms with Crippen LogP contribution < -0.4 is 4.90 Å². The zero-order chi connectivity index (χ0) is 16.6. The number of hydrogen-bond donors (Lipinski definition) is 0. The van der Waals surface area contributed by atoms with Crippen molar-refractivity contribution in [2.45, 2.75) is 45.6 Å². The van der Waals surface area contributed by atoms with E-state index in [0.717, 1.165) is 6.42 Å². The number of carbonyl (C=O) groups excluding carboxylic acids is 3. The molecule has 0 spiro atoms. The molecule has 3 amide bonds. The van der Waals surface area contributed by atoms with E-state index in [1.807, 2.05) is 13.8 Å². The van der Waals surface area contributed by atoms with Crippen molar-refractivity contribution in [3.8, 4) is 0 Å². The van der Waals surface area contributed by atoms with Crippen molar-refractivity contribution in [1.82, 2.24) is 4.90 Å². The van der Waals surface area contributed by atoms with Gasteiger partial charge in [0.25, 0.3) is 11.8 Å². The van der Waals surface area contributed by atoms with Gasteiger partial charge in [0.15, 0.2) is 0 Å². The van der Waals surface area contributed by atoms with Crippen molar-refractivity contribution in [2.24, 2.45) is 5.92 Å². The van der Waals surface area contributed by atoms with Crippen LogP contribution in [0.1, 0.15) is 49.9 Å². The van der Waals surface area contributed by atoms with E-state index in [-0.39, 0.29) is 23.6 Å². The highest BCUT2D eigenvalue weighted by Crippen LogP contribution is 2.33. The lowest BCUT2D eigenvalue weighted by atomic mass is 10.00. The van der Waals surface area contributed by atoms with Crippen LogP contribution in [-0.2, 0) is 9.59 Å². The summed E-state index contributed by atoms with van der Waals surface area (Å²) in [4.78, 5) is 41.7. The maximum atomic E-state index is 13.0. The quantitative estimate of drug-likeness (QED) is 0.861. The summed E-state index contributed by atoms with van der Waals surface area (Å²) in [6, 6.07) is 6.44. The molecule has 0 N–H and O–H groups in total. The summed E-state index contributed by atoms with van der Waals surface area (Å²) in [5.41, 5.74) is 0.887. The van der Waals surface area contributed by atoms with E-state index >= 15 is 0 Å². The minimum absolute atomic E-state index is 0.142. The Balaban J connectivity index is 2.13. The molecule has 1 fully saturated rings. The van der Waals surface area contributed by atoms with Crippen LogP contribution >= 0.6 is 0 Å². The third-order valence-corrected chi connectivity index (χ3v) is 4.95. The molecule has 0 aliphatic carbocycles. The first kappa shape index (κ1) is 15.7. The second kappa shape index (κ2) is 6.14. The lowest BCUT2D eigenvalue weighted by Gasteiger charge is -2.27. The van der Waals surface area contributed by atoms with Crippen LogP contribution in [0.3, 0.4) is 0 Å². The molecule has 2 heterocycles. The van der Waals surface area contributed by atoms with Gasteiger partial charge < -0.3 is 4.90 Å². The summed E-state index contributed by atoms with van der Waals surface area (Å²) < 4.78 is 0. The molecule has 23 heavy (non-hydrogen) atoms. The number of anilines is 1. The highest BCUT2D eigenvalue weighted by atomic mass is 16.2. The predicted molar refractivity (Wildman–Crippen MR) is 87.1 cm³/mol. The van der Waals surface area contributed by atoms with Gasteiger partial charge in [0.05, 0.1) is 11.3 Å². The summed E-state index contributed by atoms with van der Waals surface area (Å²) in [7, 11) is 0. The largest absolute Gasteiger partial charge is 0.327 e. The maximum Gasteiger partial charge on any atom is 0.256 e. The molecule has 2 aliphatic rings. The van der Waals surface area contributed by atoms with Crippen LogP contribution in [0.25, 0.3) is 0 Å². The fourth-order valence-electron chi connectivity index (χ4n) is 3.59. The molecule has 0 radical (unpaired) electrons. The summed E-state index contributed by atoms with van der Waals surface area (Å²) in [6.07, 6.45) is 2.80. The van der Waals surface area contributed by atoms with Crippen LogP contribution in [0.2, 0.25) is 0 Å². The number of carbonyl (C=O) groups is 3. The molecule has 0 bridgehead atoms. The molecule has 0 saturated carbocycles. The molecule has 1 saturated heterocycles. The van der Waals surface area contributed by atoms with E-state index in [2.05, 4.69) is 0 Å². The van der Waals surface area contributed by atoms with Crippen molar-refractivity contribution in [3.05, 3.63) is 29.8 Å². The standard InChI is InChI=1S/C18H22N2O3/c1-3-12(4-2)16(21)20-14-9-6-5-8-13(14)17(22)19-11-7-10-15(19)18(20)23/h5-6,8-9,12,15H,3-4,7,10-11H2,1-2H3. The lowest BCUT2D eigenvalue weighted by Crippen LogP contribution is -2.48. The Labute approximate surface area is 136 Å². The van der Waals surface area contributed by atoms with E-state index in [1.54, 1.807) is 29.2 Å². The normalized spacial score (nSPS) is 20.6. The maximum absolute atomic E-state index is 13.0. The number of hydrogen-bond acceptors (Lipinski definition) is 3. The molecule has 5 nitrogen and oxygen atoms in total. The number of nitrogens with zero attached hydrogens (tertiary/aromatic N) is 2. The molecular weight excluding hydrogens is 292 g/mol. The van der Waals surface area contributed by atoms with Crippen molar-refractivity contribution in [3.63, 3.8) is 0 Å². The van der Waals surface area contributed by atoms with Gasteiger partial charge in [0.1, 0.15) is 6.04 Å². The first-order chi connectivity index (χ1) is 11.1. The minimum Gasteiger partial charge on any atom is -0.327 e. The molecule has 0 aromatic heterocycles. The number of para-hydroxylation sites is 1. The highest BCUT2D eigenvalue weighted by molar-refractivity contribution is 6.22. The second-order valence-electron chi connectivity index (χ2n) is 6.20. The predicted octanol–water partition coefficient (Wildman–Crippen LogP) is 2.60. The SMILES string of the molecule is CCC(CC)C(=O)N1C(=O)C2CCCN2C(=O)c2ccccc21. The van der Waals surface area contributed by atoms with Crippen LogP contribution in [0.4, 0.5) is 5.69 Å². The van der Waals surface area contributed by atoms with E-state index in [4.69, 9.17) is 0 Å². The van der Waals surface area contributed by atoms with Gasteiger partial charge in [-0.3, -0.25) is 14.4 Å². The van der Waals surface area contributed by atoms with Crippen molar-refractivity contribution in [2.75, 3.05) is 11.4 Å². The van der Waals surface area contributed by atoms with E-state index in [1.165, 1.54) is 4.90 Å². The Kier molecular flexibility index (Phi) is 4.20.